The van der Waals surface area contributed by atoms with Crippen LogP contribution in [-0.4, -0.2) is 9.97 Å². The number of aromatic amines is 1. The molecular weight excluding hydrogens is 190 g/mol. The van der Waals surface area contributed by atoms with Crippen molar-refractivity contribution in [3.63, 3.8) is 0 Å². The first-order valence-corrected chi connectivity index (χ1v) is 4.63. The van der Waals surface area contributed by atoms with Gasteiger partial charge in [-0.1, -0.05) is 0 Å². The lowest BCUT2D eigenvalue weighted by molar-refractivity contribution is 1.05. The molecule has 2 aromatic heterocycles. The van der Waals surface area contributed by atoms with E-state index in [1.807, 2.05) is 6.07 Å². The Balaban J connectivity index is 2.54. The minimum Gasteiger partial charge on any atom is -0.329 e. The summed E-state index contributed by atoms with van der Waals surface area (Å²) in [4.78, 5) is 18.2. The highest BCUT2D eigenvalue weighted by Crippen LogP contribution is 2.14. The first kappa shape index (κ1) is 9.61. The molecule has 0 radical (unpaired) electrons. The van der Waals surface area contributed by atoms with Crippen LogP contribution in [0.25, 0.3) is 11.1 Å². The molecular formula is C11H11N3O. The van der Waals surface area contributed by atoms with E-state index in [4.69, 9.17) is 5.73 Å². The minimum atomic E-state index is -0.117. The quantitative estimate of drug-likeness (QED) is 0.758. The number of nitrogens with two attached hydrogens (primary N) is 1. The second kappa shape index (κ2) is 4.06. The highest BCUT2D eigenvalue weighted by atomic mass is 16.1. The Bertz CT molecular complexity index is 519. The predicted octanol–water partition coefficient (Wildman–Crippen LogP) is 0.896. The van der Waals surface area contributed by atoms with E-state index in [1.165, 1.54) is 0 Å². The van der Waals surface area contributed by atoms with Crippen molar-refractivity contribution >= 4 is 0 Å². The van der Waals surface area contributed by atoms with Crippen LogP contribution < -0.4 is 11.3 Å². The van der Waals surface area contributed by atoms with Crippen molar-refractivity contribution in [2.45, 2.75) is 6.54 Å². The van der Waals surface area contributed by atoms with Gasteiger partial charge in [-0.15, -0.1) is 0 Å². The second-order valence-corrected chi connectivity index (χ2v) is 3.20. The third-order valence-electron chi connectivity index (χ3n) is 2.16. The molecule has 0 aromatic carbocycles. The molecule has 0 atom stereocenters. The molecule has 4 heteroatoms. The van der Waals surface area contributed by atoms with Gasteiger partial charge in [0, 0.05) is 36.3 Å². The topological polar surface area (TPSA) is 71.8 Å². The fourth-order valence-electron chi connectivity index (χ4n) is 1.40. The Morgan fingerprint density at radius 1 is 1.40 bits per heavy atom. The fourth-order valence-corrected chi connectivity index (χ4v) is 1.40. The Morgan fingerprint density at radius 2 is 2.27 bits per heavy atom. The van der Waals surface area contributed by atoms with Crippen LogP contribution in [0.3, 0.4) is 0 Å². The molecule has 0 bridgehead atoms. The molecule has 0 aliphatic carbocycles. The molecule has 2 rings (SSSR count). The standard InChI is InChI=1S/C11H11N3O/c12-5-8-4-9(7-13-6-8)10-2-1-3-14-11(10)15/h1-4,6-7H,5,12H2,(H,14,15). The van der Waals surface area contributed by atoms with Crippen LogP contribution in [0.2, 0.25) is 0 Å². The molecule has 0 saturated carbocycles. The second-order valence-electron chi connectivity index (χ2n) is 3.20. The zero-order valence-corrected chi connectivity index (χ0v) is 8.10. The third-order valence-corrected chi connectivity index (χ3v) is 2.16. The monoisotopic (exact) mass is 201 g/mol. The Kier molecular flexibility index (Phi) is 2.60. The smallest absolute Gasteiger partial charge is 0.255 e. The van der Waals surface area contributed by atoms with Crippen LogP contribution in [0.4, 0.5) is 0 Å². The van der Waals surface area contributed by atoms with E-state index in [0.29, 0.717) is 12.1 Å². The van der Waals surface area contributed by atoms with E-state index in [0.717, 1.165) is 11.1 Å². The van der Waals surface area contributed by atoms with Gasteiger partial charge in [-0.2, -0.15) is 0 Å². The summed E-state index contributed by atoms with van der Waals surface area (Å²) >= 11 is 0. The fraction of sp³-hybridized carbons (Fsp3) is 0.0909. The molecule has 3 N–H and O–H groups in total. The van der Waals surface area contributed by atoms with Crippen LogP contribution in [0.15, 0.2) is 41.6 Å². The van der Waals surface area contributed by atoms with Gasteiger partial charge in [-0.05, 0) is 23.8 Å². The number of H-pyrrole nitrogens is 1. The molecule has 0 spiro atoms. The average molecular weight is 201 g/mol. The van der Waals surface area contributed by atoms with E-state index < -0.39 is 0 Å². The van der Waals surface area contributed by atoms with Gasteiger partial charge >= 0.3 is 0 Å². The van der Waals surface area contributed by atoms with Crippen molar-refractivity contribution in [2.75, 3.05) is 0 Å². The zero-order chi connectivity index (χ0) is 10.7. The zero-order valence-electron chi connectivity index (χ0n) is 8.10. The summed E-state index contributed by atoms with van der Waals surface area (Å²) in [6.45, 7) is 0.422. The van der Waals surface area contributed by atoms with Crippen LogP contribution in [-0.2, 0) is 6.54 Å². The van der Waals surface area contributed by atoms with Crippen molar-refractivity contribution in [3.8, 4) is 11.1 Å². The van der Waals surface area contributed by atoms with E-state index in [9.17, 15) is 4.79 Å². The van der Waals surface area contributed by atoms with Gasteiger partial charge in [0.25, 0.3) is 5.56 Å². The van der Waals surface area contributed by atoms with E-state index in [-0.39, 0.29) is 5.56 Å². The Labute approximate surface area is 86.8 Å². The van der Waals surface area contributed by atoms with E-state index in [2.05, 4.69) is 9.97 Å². The number of pyridine rings is 2. The molecule has 4 nitrogen and oxygen atoms in total. The van der Waals surface area contributed by atoms with Crippen LogP contribution in [0.5, 0.6) is 0 Å². The molecule has 0 fully saturated rings. The molecule has 0 aliphatic heterocycles. The van der Waals surface area contributed by atoms with Gasteiger partial charge < -0.3 is 10.7 Å². The van der Waals surface area contributed by atoms with Gasteiger partial charge in [0.15, 0.2) is 0 Å². The van der Waals surface area contributed by atoms with Gasteiger partial charge in [-0.25, -0.2) is 0 Å². The molecule has 0 unspecified atom stereocenters. The number of hydrogen-bond donors (Lipinski definition) is 2. The number of rotatable bonds is 2. The maximum absolute atomic E-state index is 11.5. The molecule has 2 heterocycles. The first-order chi connectivity index (χ1) is 7.31. The summed E-state index contributed by atoms with van der Waals surface area (Å²) < 4.78 is 0. The van der Waals surface area contributed by atoms with Crippen molar-refractivity contribution in [2.24, 2.45) is 5.73 Å². The van der Waals surface area contributed by atoms with Gasteiger partial charge in [0.2, 0.25) is 0 Å². The normalized spacial score (nSPS) is 10.2. The highest BCUT2D eigenvalue weighted by molar-refractivity contribution is 5.61. The summed E-state index contributed by atoms with van der Waals surface area (Å²) in [6, 6.07) is 5.42. The Morgan fingerprint density at radius 3 is 3.00 bits per heavy atom. The van der Waals surface area contributed by atoms with Crippen LogP contribution in [0, 0.1) is 0 Å². The summed E-state index contributed by atoms with van der Waals surface area (Å²) in [5.41, 5.74) is 7.71. The summed E-state index contributed by atoms with van der Waals surface area (Å²) in [5, 5.41) is 0. The lowest BCUT2D eigenvalue weighted by Gasteiger charge is -2.01. The van der Waals surface area contributed by atoms with Crippen molar-refractivity contribution < 1.29 is 0 Å². The third kappa shape index (κ3) is 1.94. The molecule has 2 aromatic rings. The molecule has 0 amide bonds. The highest BCUT2D eigenvalue weighted by Gasteiger charge is 2.02. The number of nitrogens with zero attached hydrogens (tertiary/aromatic N) is 1. The number of aromatic nitrogens is 2. The maximum Gasteiger partial charge on any atom is 0.255 e. The average Bonchev–Trinajstić information content (AvgIpc) is 2.30. The van der Waals surface area contributed by atoms with Crippen molar-refractivity contribution in [1.29, 1.82) is 0 Å². The van der Waals surface area contributed by atoms with E-state index >= 15 is 0 Å². The van der Waals surface area contributed by atoms with Gasteiger partial charge in [-0.3, -0.25) is 9.78 Å². The molecule has 15 heavy (non-hydrogen) atoms. The Hall–Kier alpha value is -1.94. The number of hydrogen-bond acceptors (Lipinski definition) is 3. The van der Waals surface area contributed by atoms with Crippen molar-refractivity contribution in [3.05, 3.63) is 52.7 Å². The maximum atomic E-state index is 11.5. The van der Waals surface area contributed by atoms with Crippen molar-refractivity contribution in [1.82, 2.24) is 9.97 Å². The van der Waals surface area contributed by atoms with Crippen LogP contribution >= 0.6 is 0 Å². The number of nitrogens with one attached hydrogen (secondary N) is 1. The summed E-state index contributed by atoms with van der Waals surface area (Å²) in [5.74, 6) is 0. The lowest BCUT2D eigenvalue weighted by atomic mass is 10.1. The SMILES string of the molecule is NCc1cncc(-c2ccc[nH]c2=O)c1. The summed E-state index contributed by atoms with van der Waals surface area (Å²) in [6.07, 6.45) is 4.95. The summed E-state index contributed by atoms with van der Waals surface area (Å²) in [7, 11) is 0. The first-order valence-electron chi connectivity index (χ1n) is 4.63. The predicted molar refractivity (Wildman–Crippen MR) is 58.2 cm³/mol. The molecule has 0 saturated heterocycles. The van der Waals surface area contributed by atoms with E-state index in [1.54, 1.807) is 30.7 Å². The largest absolute Gasteiger partial charge is 0.329 e. The lowest BCUT2D eigenvalue weighted by Crippen LogP contribution is -2.07. The van der Waals surface area contributed by atoms with Crippen LogP contribution in [0.1, 0.15) is 5.56 Å². The molecule has 76 valence electrons. The van der Waals surface area contributed by atoms with Gasteiger partial charge in [0.1, 0.15) is 0 Å². The minimum absolute atomic E-state index is 0.117. The van der Waals surface area contributed by atoms with Gasteiger partial charge in [0.05, 0.1) is 0 Å². The molecule has 0 aliphatic rings.